The molecule has 1 atom stereocenters. The first-order valence-corrected chi connectivity index (χ1v) is 8.00. The van der Waals surface area contributed by atoms with Gasteiger partial charge in [-0.05, 0) is 30.4 Å². The standard InChI is InChI=1S/C15H17N3O2S/c1-20-12-4-2-3-10(7-12)13-8-14(18-17-13)15(19)16-11-5-6-21-9-11/h2-4,7-8,11H,5-6,9H2,1H3,(H,16,19)(H,17,18). The van der Waals surface area contributed by atoms with E-state index in [1.807, 2.05) is 36.0 Å². The number of carbonyl (C=O) groups is 1. The van der Waals surface area contributed by atoms with Gasteiger partial charge in [0.1, 0.15) is 11.4 Å². The molecule has 2 aromatic rings. The second-order valence-electron chi connectivity index (χ2n) is 4.93. The minimum atomic E-state index is -0.0934. The Hall–Kier alpha value is -1.95. The molecule has 3 rings (SSSR count). The molecule has 5 nitrogen and oxygen atoms in total. The molecule has 1 aromatic heterocycles. The predicted molar refractivity (Wildman–Crippen MR) is 83.8 cm³/mol. The molecule has 0 radical (unpaired) electrons. The van der Waals surface area contributed by atoms with Crippen LogP contribution in [0.1, 0.15) is 16.9 Å². The Bertz CT molecular complexity index is 635. The van der Waals surface area contributed by atoms with Crippen LogP contribution in [0.2, 0.25) is 0 Å². The summed E-state index contributed by atoms with van der Waals surface area (Å²) in [7, 11) is 1.63. The molecule has 0 aliphatic carbocycles. The number of hydrogen-bond acceptors (Lipinski definition) is 4. The van der Waals surface area contributed by atoms with Crippen LogP contribution in [-0.2, 0) is 0 Å². The number of nitrogens with one attached hydrogen (secondary N) is 2. The van der Waals surface area contributed by atoms with Gasteiger partial charge in [0, 0.05) is 17.4 Å². The van der Waals surface area contributed by atoms with Crippen molar-refractivity contribution in [1.29, 1.82) is 0 Å². The molecular formula is C15H17N3O2S. The zero-order chi connectivity index (χ0) is 14.7. The summed E-state index contributed by atoms with van der Waals surface area (Å²) >= 11 is 1.87. The van der Waals surface area contributed by atoms with Crippen molar-refractivity contribution in [2.75, 3.05) is 18.6 Å². The van der Waals surface area contributed by atoms with Crippen molar-refractivity contribution in [3.63, 3.8) is 0 Å². The van der Waals surface area contributed by atoms with E-state index in [9.17, 15) is 4.79 Å². The SMILES string of the molecule is COc1cccc(-c2cc(C(=O)NC3CCSC3)[nH]n2)c1. The Kier molecular flexibility index (Phi) is 4.15. The molecule has 1 saturated heterocycles. The van der Waals surface area contributed by atoms with Crippen LogP contribution in [0.4, 0.5) is 0 Å². The fourth-order valence-corrected chi connectivity index (χ4v) is 3.43. The number of hydrogen-bond donors (Lipinski definition) is 2. The van der Waals surface area contributed by atoms with E-state index >= 15 is 0 Å². The molecule has 2 N–H and O–H groups in total. The van der Waals surface area contributed by atoms with E-state index in [0.717, 1.165) is 34.9 Å². The fourth-order valence-electron chi connectivity index (χ4n) is 2.28. The van der Waals surface area contributed by atoms with E-state index in [4.69, 9.17) is 4.74 Å². The number of thioether (sulfide) groups is 1. The van der Waals surface area contributed by atoms with E-state index in [1.54, 1.807) is 13.2 Å². The van der Waals surface area contributed by atoms with Gasteiger partial charge in [-0.15, -0.1) is 0 Å². The molecule has 0 spiro atoms. The lowest BCUT2D eigenvalue weighted by Gasteiger charge is -2.09. The molecule has 1 amide bonds. The summed E-state index contributed by atoms with van der Waals surface area (Å²) in [6, 6.07) is 9.65. The van der Waals surface area contributed by atoms with E-state index in [2.05, 4.69) is 15.5 Å². The van der Waals surface area contributed by atoms with Gasteiger partial charge in [0.2, 0.25) is 0 Å². The highest BCUT2D eigenvalue weighted by atomic mass is 32.2. The highest BCUT2D eigenvalue weighted by molar-refractivity contribution is 7.99. The van der Waals surface area contributed by atoms with Crippen molar-refractivity contribution in [3.8, 4) is 17.0 Å². The number of amides is 1. The van der Waals surface area contributed by atoms with Gasteiger partial charge in [0.05, 0.1) is 12.8 Å². The maximum atomic E-state index is 12.2. The van der Waals surface area contributed by atoms with Crippen LogP contribution in [0, 0.1) is 0 Å². The predicted octanol–water partition coefficient (Wildman–Crippen LogP) is 2.32. The molecule has 0 saturated carbocycles. The Labute approximate surface area is 127 Å². The number of aromatic amines is 1. The third kappa shape index (κ3) is 3.21. The highest BCUT2D eigenvalue weighted by Gasteiger charge is 2.19. The summed E-state index contributed by atoms with van der Waals surface area (Å²) < 4.78 is 5.20. The molecule has 21 heavy (non-hydrogen) atoms. The van der Waals surface area contributed by atoms with Crippen molar-refractivity contribution in [2.45, 2.75) is 12.5 Å². The van der Waals surface area contributed by atoms with Gasteiger partial charge >= 0.3 is 0 Å². The monoisotopic (exact) mass is 303 g/mol. The smallest absolute Gasteiger partial charge is 0.269 e. The van der Waals surface area contributed by atoms with Crippen molar-refractivity contribution >= 4 is 17.7 Å². The first-order chi connectivity index (χ1) is 10.3. The minimum Gasteiger partial charge on any atom is -0.497 e. The largest absolute Gasteiger partial charge is 0.497 e. The Balaban J connectivity index is 1.74. The number of aromatic nitrogens is 2. The summed E-state index contributed by atoms with van der Waals surface area (Å²) in [4.78, 5) is 12.2. The summed E-state index contributed by atoms with van der Waals surface area (Å²) in [6.45, 7) is 0. The van der Waals surface area contributed by atoms with E-state index in [1.165, 1.54) is 0 Å². The number of rotatable bonds is 4. The zero-order valence-corrected chi connectivity index (χ0v) is 12.6. The third-order valence-electron chi connectivity index (χ3n) is 3.45. The molecule has 2 heterocycles. The second kappa shape index (κ2) is 6.22. The molecule has 1 unspecified atom stereocenters. The average molecular weight is 303 g/mol. The molecule has 1 aliphatic heterocycles. The van der Waals surface area contributed by atoms with E-state index < -0.39 is 0 Å². The molecule has 110 valence electrons. The average Bonchev–Trinajstić information content (AvgIpc) is 3.18. The quantitative estimate of drug-likeness (QED) is 0.909. The van der Waals surface area contributed by atoms with Crippen LogP contribution < -0.4 is 10.1 Å². The molecule has 6 heteroatoms. The summed E-state index contributed by atoms with van der Waals surface area (Å²) in [5.74, 6) is 2.78. The number of benzene rings is 1. The van der Waals surface area contributed by atoms with Crippen LogP contribution in [0.15, 0.2) is 30.3 Å². The number of H-pyrrole nitrogens is 1. The van der Waals surface area contributed by atoms with E-state index in [-0.39, 0.29) is 11.9 Å². The van der Waals surface area contributed by atoms with Gasteiger partial charge in [-0.3, -0.25) is 9.89 Å². The maximum Gasteiger partial charge on any atom is 0.269 e. The number of ether oxygens (including phenoxy) is 1. The van der Waals surface area contributed by atoms with Crippen molar-refractivity contribution in [2.24, 2.45) is 0 Å². The summed E-state index contributed by atoms with van der Waals surface area (Å²) in [5.41, 5.74) is 2.14. The van der Waals surface area contributed by atoms with Crippen molar-refractivity contribution in [3.05, 3.63) is 36.0 Å². The normalized spacial score (nSPS) is 17.7. The van der Waals surface area contributed by atoms with Crippen LogP contribution in [-0.4, -0.2) is 40.8 Å². The van der Waals surface area contributed by atoms with Crippen LogP contribution in [0.25, 0.3) is 11.3 Å². The number of carbonyl (C=O) groups excluding carboxylic acids is 1. The van der Waals surface area contributed by atoms with Crippen LogP contribution >= 0.6 is 11.8 Å². The summed E-state index contributed by atoms with van der Waals surface area (Å²) in [6.07, 6.45) is 1.04. The van der Waals surface area contributed by atoms with Gasteiger partial charge in [0.25, 0.3) is 5.91 Å². The fraction of sp³-hybridized carbons (Fsp3) is 0.333. The topological polar surface area (TPSA) is 67.0 Å². The van der Waals surface area contributed by atoms with Gasteiger partial charge in [-0.25, -0.2) is 0 Å². The van der Waals surface area contributed by atoms with Gasteiger partial charge in [-0.1, -0.05) is 12.1 Å². The molecule has 0 bridgehead atoms. The van der Waals surface area contributed by atoms with Crippen molar-refractivity contribution < 1.29 is 9.53 Å². The van der Waals surface area contributed by atoms with Gasteiger partial charge < -0.3 is 10.1 Å². The number of nitrogens with zero attached hydrogens (tertiary/aromatic N) is 1. The highest BCUT2D eigenvalue weighted by Crippen LogP contribution is 2.23. The van der Waals surface area contributed by atoms with Crippen LogP contribution in [0.3, 0.4) is 0 Å². The van der Waals surface area contributed by atoms with E-state index in [0.29, 0.717) is 5.69 Å². The van der Waals surface area contributed by atoms with Crippen LogP contribution in [0.5, 0.6) is 5.75 Å². The summed E-state index contributed by atoms with van der Waals surface area (Å²) in [5, 5.41) is 10.0. The molecule has 1 aliphatic rings. The first kappa shape index (κ1) is 14.0. The minimum absolute atomic E-state index is 0.0934. The second-order valence-corrected chi connectivity index (χ2v) is 6.08. The lowest BCUT2D eigenvalue weighted by molar-refractivity contribution is 0.0936. The Morgan fingerprint density at radius 3 is 3.14 bits per heavy atom. The Morgan fingerprint density at radius 1 is 1.48 bits per heavy atom. The lowest BCUT2D eigenvalue weighted by Crippen LogP contribution is -2.34. The lowest BCUT2D eigenvalue weighted by atomic mass is 10.1. The molecule has 1 fully saturated rings. The van der Waals surface area contributed by atoms with Gasteiger partial charge in [0.15, 0.2) is 0 Å². The maximum absolute atomic E-state index is 12.2. The zero-order valence-electron chi connectivity index (χ0n) is 11.8. The Morgan fingerprint density at radius 2 is 2.38 bits per heavy atom. The van der Waals surface area contributed by atoms with Crippen molar-refractivity contribution in [1.82, 2.24) is 15.5 Å². The molecule has 1 aromatic carbocycles. The third-order valence-corrected chi connectivity index (χ3v) is 4.62. The van der Waals surface area contributed by atoms with Gasteiger partial charge in [-0.2, -0.15) is 16.9 Å². The first-order valence-electron chi connectivity index (χ1n) is 6.84. The molecular weight excluding hydrogens is 286 g/mol. The number of methoxy groups -OCH3 is 1.